The number of hydrogen-bond acceptors (Lipinski definition) is 5. The van der Waals surface area contributed by atoms with Crippen molar-refractivity contribution in [2.75, 3.05) is 25.5 Å². The molecule has 1 aromatic rings. The van der Waals surface area contributed by atoms with Crippen molar-refractivity contribution in [2.24, 2.45) is 0 Å². The summed E-state index contributed by atoms with van der Waals surface area (Å²) in [6.07, 6.45) is 0. The number of likely N-dealkylation sites (N-methyl/N-ethyl adjacent to an activating group) is 1. The number of carbonyl (C=O) groups is 2. The number of hydrogen-bond donors (Lipinski definition) is 2. The molecule has 0 aliphatic carbocycles. The predicted molar refractivity (Wildman–Crippen MR) is 83.0 cm³/mol. The van der Waals surface area contributed by atoms with Gasteiger partial charge in [-0.1, -0.05) is 0 Å². The molecule has 8 heteroatoms. The van der Waals surface area contributed by atoms with Gasteiger partial charge in [-0.05, 0) is 19.9 Å². The molecule has 1 rings (SSSR count). The van der Waals surface area contributed by atoms with E-state index in [9.17, 15) is 19.7 Å². The van der Waals surface area contributed by atoms with Crippen LogP contribution in [0.1, 0.15) is 24.2 Å². The second-order valence-corrected chi connectivity index (χ2v) is 5.12. The maximum Gasteiger partial charge on any atom is 0.270 e. The molecule has 22 heavy (non-hydrogen) atoms. The van der Waals surface area contributed by atoms with Crippen LogP contribution in [-0.2, 0) is 4.79 Å². The summed E-state index contributed by atoms with van der Waals surface area (Å²) < 4.78 is 0. The Balaban J connectivity index is 3.09. The molecular formula is C14H20N4O4. The molecule has 0 saturated carbocycles. The van der Waals surface area contributed by atoms with Crippen molar-refractivity contribution < 1.29 is 14.5 Å². The molecule has 120 valence electrons. The van der Waals surface area contributed by atoms with E-state index >= 15 is 0 Å². The van der Waals surface area contributed by atoms with Gasteiger partial charge >= 0.3 is 0 Å². The topological polar surface area (TPSA) is 105 Å². The Morgan fingerprint density at radius 2 is 2.00 bits per heavy atom. The standard InChI is InChI=1S/C14H20N4O4/c1-9(2)16-13(19)8-17(4)12-6-5-10(18(21)22)7-11(12)14(20)15-3/h5-7,9H,8H2,1-4H3,(H,15,20)(H,16,19). The average Bonchev–Trinajstić information content (AvgIpc) is 2.44. The van der Waals surface area contributed by atoms with E-state index in [1.54, 1.807) is 11.9 Å². The first-order chi connectivity index (χ1) is 10.3. The summed E-state index contributed by atoms with van der Waals surface area (Å²) >= 11 is 0. The minimum Gasteiger partial charge on any atom is -0.365 e. The number of carbonyl (C=O) groups excluding carboxylic acids is 2. The lowest BCUT2D eigenvalue weighted by atomic mass is 10.1. The summed E-state index contributed by atoms with van der Waals surface area (Å²) in [5, 5.41) is 16.0. The van der Waals surface area contributed by atoms with Crippen LogP contribution in [0.4, 0.5) is 11.4 Å². The van der Waals surface area contributed by atoms with Crippen molar-refractivity contribution in [1.29, 1.82) is 0 Å². The molecule has 0 unspecified atom stereocenters. The third kappa shape index (κ3) is 4.44. The molecule has 0 aliphatic heterocycles. The second-order valence-electron chi connectivity index (χ2n) is 5.12. The largest absolute Gasteiger partial charge is 0.365 e. The molecule has 2 amide bonds. The highest BCUT2D eigenvalue weighted by molar-refractivity contribution is 6.00. The number of non-ortho nitro benzene ring substituents is 1. The van der Waals surface area contributed by atoms with Gasteiger partial charge in [0.15, 0.2) is 0 Å². The van der Waals surface area contributed by atoms with Gasteiger partial charge in [0.05, 0.1) is 22.7 Å². The Labute approximate surface area is 128 Å². The second kappa shape index (κ2) is 7.39. The Hall–Kier alpha value is -2.64. The van der Waals surface area contributed by atoms with Crippen LogP contribution in [0, 0.1) is 10.1 Å². The van der Waals surface area contributed by atoms with Gasteiger partial charge in [0.25, 0.3) is 11.6 Å². The zero-order valence-electron chi connectivity index (χ0n) is 13.0. The number of nitrogens with one attached hydrogen (secondary N) is 2. The van der Waals surface area contributed by atoms with Gasteiger partial charge < -0.3 is 15.5 Å². The number of rotatable bonds is 6. The van der Waals surface area contributed by atoms with E-state index in [4.69, 9.17) is 0 Å². The zero-order chi connectivity index (χ0) is 16.9. The van der Waals surface area contributed by atoms with Crippen molar-refractivity contribution in [1.82, 2.24) is 10.6 Å². The smallest absolute Gasteiger partial charge is 0.270 e. The molecule has 8 nitrogen and oxygen atoms in total. The van der Waals surface area contributed by atoms with Crippen LogP contribution in [0.15, 0.2) is 18.2 Å². The fourth-order valence-corrected chi connectivity index (χ4v) is 1.96. The fraction of sp³-hybridized carbons (Fsp3) is 0.429. The summed E-state index contributed by atoms with van der Waals surface area (Å²) in [6.45, 7) is 3.74. The molecule has 0 saturated heterocycles. The highest BCUT2D eigenvalue weighted by Gasteiger charge is 2.19. The fourth-order valence-electron chi connectivity index (χ4n) is 1.96. The molecular weight excluding hydrogens is 288 g/mol. The van der Waals surface area contributed by atoms with Crippen LogP contribution in [0.3, 0.4) is 0 Å². The van der Waals surface area contributed by atoms with E-state index in [-0.39, 0.29) is 29.7 Å². The highest BCUT2D eigenvalue weighted by atomic mass is 16.6. The first kappa shape index (κ1) is 17.4. The number of benzene rings is 1. The van der Waals surface area contributed by atoms with Crippen LogP contribution >= 0.6 is 0 Å². The molecule has 0 bridgehead atoms. The van der Waals surface area contributed by atoms with Gasteiger partial charge in [-0.2, -0.15) is 0 Å². The molecule has 0 spiro atoms. The predicted octanol–water partition coefficient (Wildman–Crippen LogP) is 0.915. The normalized spacial score (nSPS) is 10.2. The summed E-state index contributed by atoms with van der Waals surface area (Å²) in [5.41, 5.74) is 0.419. The van der Waals surface area contributed by atoms with E-state index in [0.29, 0.717) is 5.69 Å². The van der Waals surface area contributed by atoms with Gasteiger partial charge in [-0.25, -0.2) is 0 Å². The summed E-state index contributed by atoms with van der Waals surface area (Å²) in [5.74, 6) is -0.645. The molecule has 0 fully saturated rings. The minimum atomic E-state index is -0.568. The molecule has 2 N–H and O–H groups in total. The number of nitrogens with zero attached hydrogens (tertiary/aromatic N) is 2. The van der Waals surface area contributed by atoms with Crippen molar-refractivity contribution in [3.05, 3.63) is 33.9 Å². The summed E-state index contributed by atoms with van der Waals surface area (Å²) in [4.78, 5) is 35.6. The quantitative estimate of drug-likeness (QED) is 0.600. The number of nitro benzene ring substituents is 1. The monoisotopic (exact) mass is 308 g/mol. The van der Waals surface area contributed by atoms with Crippen molar-refractivity contribution >= 4 is 23.2 Å². The van der Waals surface area contributed by atoms with Gasteiger partial charge in [0.2, 0.25) is 5.91 Å². The number of anilines is 1. The average molecular weight is 308 g/mol. The lowest BCUT2D eigenvalue weighted by Gasteiger charge is -2.22. The van der Waals surface area contributed by atoms with Gasteiger partial charge in [-0.3, -0.25) is 19.7 Å². The maximum atomic E-state index is 11.9. The van der Waals surface area contributed by atoms with E-state index in [1.807, 2.05) is 13.8 Å². The van der Waals surface area contributed by atoms with Crippen LogP contribution in [0.2, 0.25) is 0 Å². The summed E-state index contributed by atoms with van der Waals surface area (Å²) in [7, 11) is 3.09. The van der Waals surface area contributed by atoms with Crippen LogP contribution in [0.5, 0.6) is 0 Å². The molecule has 0 radical (unpaired) electrons. The molecule has 0 aromatic heterocycles. The Bertz CT molecular complexity index is 586. The lowest BCUT2D eigenvalue weighted by Crippen LogP contribution is -2.39. The van der Waals surface area contributed by atoms with E-state index in [2.05, 4.69) is 10.6 Å². The maximum absolute atomic E-state index is 11.9. The number of nitro groups is 1. The lowest BCUT2D eigenvalue weighted by molar-refractivity contribution is -0.384. The Morgan fingerprint density at radius 3 is 2.50 bits per heavy atom. The molecule has 0 atom stereocenters. The van der Waals surface area contributed by atoms with E-state index in [0.717, 1.165) is 0 Å². The summed E-state index contributed by atoms with van der Waals surface area (Å²) in [6, 6.07) is 3.98. The van der Waals surface area contributed by atoms with Crippen LogP contribution < -0.4 is 15.5 Å². The Morgan fingerprint density at radius 1 is 1.36 bits per heavy atom. The highest BCUT2D eigenvalue weighted by Crippen LogP contribution is 2.24. The van der Waals surface area contributed by atoms with Crippen molar-refractivity contribution in [2.45, 2.75) is 19.9 Å². The molecule has 0 aliphatic rings. The van der Waals surface area contributed by atoms with Crippen LogP contribution in [0.25, 0.3) is 0 Å². The Kier molecular flexibility index (Phi) is 5.85. The zero-order valence-corrected chi connectivity index (χ0v) is 13.0. The molecule has 0 heterocycles. The van der Waals surface area contributed by atoms with E-state index < -0.39 is 10.8 Å². The first-order valence-corrected chi connectivity index (χ1v) is 6.77. The SMILES string of the molecule is CNC(=O)c1cc([N+](=O)[O-])ccc1N(C)CC(=O)NC(C)C. The minimum absolute atomic E-state index is 0.0103. The molecule has 1 aromatic carbocycles. The van der Waals surface area contributed by atoms with Crippen LogP contribution in [-0.4, -0.2) is 43.4 Å². The van der Waals surface area contributed by atoms with Gasteiger partial charge in [0, 0.05) is 32.3 Å². The first-order valence-electron chi connectivity index (χ1n) is 6.77. The number of amides is 2. The third-order valence-corrected chi connectivity index (χ3v) is 2.90. The third-order valence-electron chi connectivity index (χ3n) is 2.90. The van der Waals surface area contributed by atoms with E-state index in [1.165, 1.54) is 25.2 Å². The van der Waals surface area contributed by atoms with Crippen molar-refractivity contribution in [3.63, 3.8) is 0 Å². The van der Waals surface area contributed by atoms with Gasteiger partial charge in [0.1, 0.15) is 0 Å². The van der Waals surface area contributed by atoms with Gasteiger partial charge in [-0.15, -0.1) is 0 Å². The van der Waals surface area contributed by atoms with Crippen molar-refractivity contribution in [3.8, 4) is 0 Å².